The predicted octanol–water partition coefficient (Wildman–Crippen LogP) is 9.77. The third-order valence-electron chi connectivity index (χ3n) is 8.65. The minimum Gasteiger partial charge on any atom is -0.344 e. The lowest BCUT2D eigenvalue weighted by Gasteiger charge is -2.02. The van der Waals surface area contributed by atoms with Crippen molar-refractivity contribution in [2.75, 3.05) is 0 Å². The van der Waals surface area contributed by atoms with Crippen molar-refractivity contribution in [1.82, 2.24) is 19.1 Å². The van der Waals surface area contributed by atoms with Crippen molar-refractivity contribution in [3.63, 3.8) is 0 Å². The number of pyridine rings is 2. The van der Waals surface area contributed by atoms with Crippen LogP contribution in [0.3, 0.4) is 0 Å². The molecule has 0 aliphatic carbocycles. The van der Waals surface area contributed by atoms with Gasteiger partial charge in [-0.2, -0.15) is 0 Å². The van der Waals surface area contributed by atoms with Gasteiger partial charge in [-0.15, -0.1) is 0 Å². The van der Waals surface area contributed by atoms with Gasteiger partial charge in [0.2, 0.25) is 0 Å². The van der Waals surface area contributed by atoms with E-state index in [1.54, 1.807) is 0 Å². The van der Waals surface area contributed by atoms with E-state index < -0.39 is 0 Å². The first-order valence-electron chi connectivity index (χ1n) is 14.9. The van der Waals surface area contributed by atoms with Gasteiger partial charge in [-0.3, -0.25) is 9.97 Å². The Morgan fingerprint density at radius 3 is 1.23 bits per heavy atom. The Kier molecular flexibility index (Phi) is 6.20. The molecule has 0 amide bonds. The van der Waals surface area contributed by atoms with Crippen LogP contribution in [0, 0.1) is 0 Å². The quantitative estimate of drug-likeness (QED) is 0.208. The molecule has 0 saturated carbocycles. The fourth-order valence-corrected chi connectivity index (χ4v) is 6.27. The molecule has 0 atom stereocenters. The summed E-state index contributed by atoms with van der Waals surface area (Å²) >= 11 is 0. The van der Waals surface area contributed by atoms with Crippen LogP contribution in [0.1, 0.15) is 22.3 Å². The minimum absolute atomic E-state index is 0.858. The molecule has 0 fully saturated rings. The maximum absolute atomic E-state index is 4.70. The number of para-hydroxylation sites is 2. The van der Waals surface area contributed by atoms with Gasteiger partial charge in [0.15, 0.2) is 0 Å². The number of nitrogens with zero attached hydrogens (tertiary/aromatic N) is 4. The highest BCUT2D eigenvalue weighted by molar-refractivity contribution is 6.09. The molecule has 44 heavy (non-hydrogen) atoms. The number of aromatic nitrogens is 4. The molecule has 4 nitrogen and oxygen atoms in total. The lowest BCUT2D eigenvalue weighted by molar-refractivity contribution is 1.01. The molecule has 0 spiro atoms. The van der Waals surface area contributed by atoms with E-state index in [4.69, 9.17) is 9.97 Å². The molecule has 4 aromatic heterocycles. The van der Waals surface area contributed by atoms with Gasteiger partial charge >= 0.3 is 0 Å². The van der Waals surface area contributed by atoms with Gasteiger partial charge in [-0.1, -0.05) is 85.0 Å². The highest BCUT2D eigenvalue weighted by Gasteiger charge is 2.09. The zero-order chi connectivity index (χ0) is 29.6. The Balaban J connectivity index is 0.979. The monoisotopic (exact) mass is 566 g/mol. The smallest absolute Gasteiger partial charge is 0.0886 e. The first-order chi connectivity index (χ1) is 21.6. The van der Waals surface area contributed by atoms with Crippen molar-refractivity contribution >= 4 is 67.9 Å². The summed E-state index contributed by atoms with van der Waals surface area (Å²) in [5.74, 6) is 0. The number of aryl methyl sites for hydroxylation is 2. The molecule has 210 valence electrons. The average Bonchev–Trinajstić information content (AvgIpc) is 3.53. The van der Waals surface area contributed by atoms with E-state index >= 15 is 0 Å². The second-order valence-corrected chi connectivity index (χ2v) is 11.3. The van der Waals surface area contributed by atoms with Gasteiger partial charge in [0.1, 0.15) is 0 Å². The number of fused-ring (bicyclic) bond motifs is 6. The summed E-state index contributed by atoms with van der Waals surface area (Å²) in [6.07, 6.45) is 12.3. The number of hydrogen-bond donors (Lipinski definition) is 0. The van der Waals surface area contributed by atoms with Crippen molar-refractivity contribution in [3.05, 3.63) is 144 Å². The van der Waals surface area contributed by atoms with Gasteiger partial charge in [-0.05, 0) is 70.8 Å². The molecule has 0 bridgehead atoms. The molecule has 8 rings (SSSR count). The Labute approximate surface area is 255 Å². The molecule has 0 radical (unpaired) electrons. The van der Waals surface area contributed by atoms with Gasteiger partial charge in [0.25, 0.3) is 0 Å². The molecule has 0 aliphatic rings. The van der Waals surface area contributed by atoms with Crippen LogP contribution in [0.2, 0.25) is 0 Å². The van der Waals surface area contributed by atoms with Crippen molar-refractivity contribution in [2.24, 2.45) is 14.1 Å². The molecular weight excluding hydrogens is 536 g/mol. The number of hydrogen-bond acceptors (Lipinski definition) is 2. The summed E-state index contributed by atoms with van der Waals surface area (Å²) in [7, 11) is 4.25. The maximum Gasteiger partial charge on any atom is 0.0886 e. The zero-order valence-corrected chi connectivity index (χ0v) is 24.6. The standard InChI is InChI=1S/C40H30N4/c1-43-37-9-5-3-7-31(37)33-23-27(17-21-39(33)43)11-13-29-15-19-35(41-25-29)36-20-16-30(26-42-36)14-12-28-18-22-40-34(24-28)32-8-4-6-10-38(32)44(40)2/h3-26H,1-2H3/b13-11+,14-12+. The summed E-state index contributed by atoms with van der Waals surface area (Å²) in [6.45, 7) is 0. The van der Waals surface area contributed by atoms with E-state index in [-0.39, 0.29) is 0 Å². The predicted molar refractivity (Wildman–Crippen MR) is 186 cm³/mol. The van der Waals surface area contributed by atoms with Crippen LogP contribution in [-0.2, 0) is 14.1 Å². The molecule has 0 unspecified atom stereocenters. The fourth-order valence-electron chi connectivity index (χ4n) is 6.27. The van der Waals surface area contributed by atoms with E-state index in [0.717, 1.165) is 22.5 Å². The van der Waals surface area contributed by atoms with Crippen LogP contribution in [-0.4, -0.2) is 19.1 Å². The van der Waals surface area contributed by atoms with Crippen LogP contribution < -0.4 is 0 Å². The molecular formula is C40H30N4. The molecule has 0 aliphatic heterocycles. The van der Waals surface area contributed by atoms with E-state index in [2.05, 4.69) is 145 Å². The highest BCUT2D eigenvalue weighted by atomic mass is 14.9. The van der Waals surface area contributed by atoms with E-state index in [0.29, 0.717) is 0 Å². The summed E-state index contributed by atoms with van der Waals surface area (Å²) in [5, 5.41) is 5.10. The van der Waals surface area contributed by atoms with Crippen LogP contribution >= 0.6 is 0 Å². The topological polar surface area (TPSA) is 35.6 Å². The average molecular weight is 567 g/mol. The Morgan fingerprint density at radius 1 is 0.409 bits per heavy atom. The first kappa shape index (κ1) is 25.9. The summed E-state index contributed by atoms with van der Waals surface area (Å²) in [4.78, 5) is 9.39. The van der Waals surface area contributed by atoms with Crippen LogP contribution in [0.5, 0.6) is 0 Å². The second-order valence-electron chi connectivity index (χ2n) is 11.3. The Hall–Kier alpha value is -5.74. The highest BCUT2D eigenvalue weighted by Crippen LogP contribution is 2.30. The molecule has 0 saturated heterocycles. The van der Waals surface area contributed by atoms with Crippen molar-refractivity contribution in [2.45, 2.75) is 0 Å². The zero-order valence-electron chi connectivity index (χ0n) is 24.6. The van der Waals surface area contributed by atoms with Gasteiger partial charge in [0, 0.05) is 70.1 Å². The van der Waals surface area contributed by atoms with Crippen LogP contribution in [0.15, 0.2) is 122 Å². The van der Waals surface area contributed by atoms with Gasteiger partial charge < -0.3 is 9.13 Å². The van der Waals surface area contributed by atoms with E-state index in [1.807, 2.05) is 24.5 Å². The maximum atomic E-state index is 4.70. The Bertz CT molecular complexity index is 2210. The minimum atomic E-state index is 0.858. The van der Waals surface area contributed by atoms with Crippen molar-refractivity contribution < 1.29 is 0 Å². The first-order valence-corrected chi connectivity index (χ1v) is 14.9. The lowest BCUT2D eigenvalue weighted by atomic mass is 10.1. The summed E-state index contributed by atoms with van der Waals surface area (Å²) in [5.41, 5.74) is 11.1. The fraction of sp³-hybridized carbons (Fsp3) is 0.0500. The summed E-state index contributed by atoms with van der Waals surface area (Å²) < 4.78 is 4.51. The number of rotatable bonds is 5. The van der Waals surface area contributed by atoms with Gasteiger partial charge in [-0.25, -0.2) is 0 Å². The third kappa shape index (κ3) is 4.48. The largest absolute Gasteiger partial charge is 0.344 e. The third-order valence-corrected chi connectivity index (χ3v) is 8.65. The molecule has 8 aromatic rings. The summed E-state index contributed by atoms with van der Waals surface area (Å²) in [6, 6.07) is 38.6. The number of benzene rings is 4. The van der Waals surface area contributed by atoms with Crippen molar-refractivity contribution in [3.8, 4) is 11.4 Å². The molecule has 0 N–H and O–H groups in total. The van der Waals surface area contributed by atoms with E-state index in [9.17, 15) is 0 Å². The van der Waals surface area contributed by atoms with E-state index in [1.165, 1.54) is 54.7 Å². The normalized spacial score (nSPS) is 12.1. The van der Waals surface area contributed by atoms with Crippen LogP contribution in [0.25, 0.3) is 79.3 Å². The molecule has 4 heterocycles. The lowest BCUT2D eigenvalue weighted by Crippen LogP contribution is -1.88. The molecule has 4 aromatic carbocycles. The van der Waals surface area contributed by atoms with Gasteiger partial charge in [0.05, 0.1) is 11.4 Å². The van der Waals surface area contributed by atoms with Crippen molar-refractivity contribution in [1.29, 1.82) is 0 Å². The molecule has 4 heteroatoms. The SMILES string of the molecule is Cn1c2ccccc2c2cc(/C=C/c3ccc(-c4ccc(/C=C/c5ccc6c(c5)c5ccccc5n6C)cn4)nc3)ccc21. The second kappa shape index (κ2) is 10.5. The Morgan fingerprint density at radius 2 is 0.795 bits per heavy atom. The van der Waals surface area contributed by atoms with Crippen LogP contribution in [0.4, 0.5) is 0 Å².